The lowest BCUT2D eigenvalue weighted by Gasteiger charge is -2.43. The molecule has 0 spiro atoms. The maximum Gasteiger partial charge on any atom is 0.432 e. The molecule has 2 saturated heterocycles. The summed E-state index contributed by atoms with van der Waals surface area (Å²) in [5.41, 5.74) is -1.45. The predicted octanol–water partition coefficient (Wildman–Crippen LogP) is 0.372. The number of nitrogens with one attached hydrogen (secondary N) is 1. The molecule has 1 amide bonds. The number of piperazine rings is 1. The Morgan fingerprint density at radius 3 is 2.58 bits per heavy atom. The van der Waals surface area contributed by atoms with Crippen molar-refractivity contribution in [2.75, 3.05) is 31.1 Å². The average Bonchev–Trinajstić information content (AvgIpc) is 3.08. The fourth-order valence-corrected chi connectivity index (χ4v) is 5.41. The average molecular weight is 366 g/mol. The third-order valence-corrected chi connectivity index (χ3v) is 6.26. The number of alkyl halides is 3. The molecule has 0 unspecified atom stereocenters. The minimum absolute atomic E-state index is 0.0380. The maximum absolute atomic E-state index is 12.6. The van der Waals surface area contributed by atoms with Crippen LogP contribution < -0.4 is 0 Å². The lowest BCUT2D eigenvalue weighted by Crippen LogP contribution is -2.60. The number of fused-ring (bicyclic) bond motifs is 1. The Morgan fingerprint density at radius 2 is 2.00 bits per heavy atom. The van der Waals surface area contributed by atoms with Crippen LogP contribution >= 0.6 is 0 Å². The van der Waals surface area contributed by atoms with Crippen LogP contribution in [0.15, 0.2) is 6.07 Å². The van der Waals surface area contributed by atoms with Crippen molar-refractivity contribution < 1.29 is 26.4 Å². The van der Waals surface area contributed by atoms with E-state index in [9.17, 15) is 26.4 Å². The summed E-state index contributed by atoms with van der Waals surface area (Å²) >= 11 is 0. The fraction of sp³-hybridized carbons (Fsp3) is 0.692. The zero-order valence-electron chi connectivity index (χ0n) is 12.9. The number of H-pyrrole nitrogens is 1. The van der Waals surface area contributed by atoms with Gasteiger partial charge in [0, 0.05) is 25.2 Å². The van der Waals surface area contributed by atoms with Crippen LogP contribution in [0.5, 0.6) is 0 Å². The second-order valence-corrected chi connectivity index (χ2v) is 8.16. The van der Waals surface area contributed by atoms with Gasteiger partial charge in [-0.15, -0.1) is 0 Å². The van der Waals surface area contributed by atoms with Gasteiger partial charge in [0.1, 0.15) is 5.69 Å². The van der Waals surface area contributed by atoms with Gasteiger partial charge in [-0.05, 0) is 6.54 Å². The van der Waals surface area contributed by atoms with Crippen LogP contribution in [0.4, 0.5) is 13.2 Å². The molecular weight excluding hydrogens is 349 g/mol. The van der Waals surface area contributed by atoms with Crippen LogP contribution in [-0.4, -0.2) is 77.5 Å². The molecule has 1 aromatic rings. The highest BCUT2D eigenvalue weighted by Gasteiger charge is 2.48. The number of carbonyl (C=O) groups is 1. The van der Waals surface area contributed by atoms with E-state index in [1.807, 2.05) is 16.9 Å². The first-order valence-electron chi connectivity index (χ1n) is 7.50. The second kappa shape index (κ2) is 5.73. The van der Waals surface area contributed by atoms with Crippen molar-refractivity contribution in [1.29, 1.82) is 0 Å². The highest BCUT2D eigenvalue weighted by Crippen LogP contribution is 2.30. The van der Waals surface area contributed by atoms with Crippen LogP contribution in [0, 0.1) is 0 Å². The first-order chi connectivity index (χ1) is 11.1. The number of hydrogen-bond donors (Lipinski definition) is 1. The third-order valence-electron chi connectivity index (χ3n) is 4.56. The highest BCUT2D eigenvalue weighted by atomic mass is 32.2. The van der Waals surface area contributed by atoms with E-state index < -0.39 is 33.7 Å². The SMILES string of the molecule is CCN1CCN(C(=O)c2cc(C(F)(F)F)[nH]n2)[C@@H]2CS(=O)(=O)C[C@@H]21. The lowest BCUT2D eigenvalue weighted by atomic mass is 10.0. The molecule has 134 valence electrons. The number of rotatable bonds is 2. The van der Waals surface area contributed by atoms with E-state index in [2.05, 4.69) is 5.10 Å². The lowest BCUT2D eigenvalue weighted by molar-refractivity contribution is -0.141. The molecule has 1 aromatic heterocycles. The second-order valence-electron chi connectivity index (χ2n) is 6.00. The van der Waals surface area contributed by atoms with E-state index in [0.717, 1.165) is 0 Å². The normalized spacial score (nSPS) is 27.2. The summed E-state index contributed by atoms with van der Waals surface area (Å²) in [5.74, 6) is -0.885. The Kier molecular flexibility index (Phi) is 4.11. The quantitative estimate of drug-likeness (QED) is 0.817. The van der Waals surface area contributed by atoms with E-state index >= 15 is 0 Å². The number of sulfone groups is 1. The van der Waals surface area contributed by atoms with Gasteiger partial charge >= 0.3 is 6.18 Å². The van der Waals surface area contributed by atoms with Crippen LogP contribution in [-0.2, 0) is 16.0 Å². The molecule has 0 saturated carbocycles. The molecule has 0 radical (unpaired) electrons. The Bertz CT molecular complexity index is 746. The van der Waals surface area contributed by atoms with Gasteiger partial charge in [-0.2, -0.15) is 18.3 Å². The predicted molar refractivity (Wildman–Crippen MR) is 78.1 cm³/mol. The van der Waals surface area contributed by atoms with Gasteiger partial charge in [0.05, 0.1) is 17.5 Å². The molecule has 0 bridgehead atoms. The molecule has 2 fully saturated rings. The van der Waals surface area contributed by atoms with Crippen molar-refractivity contribution in [3.8, 4) is 0 Å². The number of hydrogen-bond acceptors (Lipinski definition) is 5. The topological polar surface area (TPSA) is 86.4 Å². The number of aromatic nitrogens is 2. The van der Waals surface area contributed by atoms with Gasteiger partial charge in [-0.3, -0.25) is 14.8 Å². The molecule has 3 rings (SSSR count). The third kappa shape index (κ3) is 3.02. The standard InChI is InChI=1S/C13H17F3N4O3S/c1-2-19-3-4-20(10-7-24(22,23)6-9(10)19)12(21)8-5-11(18-17-8)13(14,15)16/h5,9-10H,2-4,6-7H2,1H3,(H,17,18)/t9-,10+/m0/s1. The molecule has 0 aliphatic carbocycles. The molecule has 3 heterocycles. The van der Waals surface area contributed by atoms with Crippen LogP contribution in [0.3, 0.4) is 0 Å². The number of nitrogens with zero attached hydrogens (tertiary/aromatic N) is 3. The molecule has 7 nitrogen and oxygen atoms in total. The van der Waals surface area contributed by atoms with Crippen molar-refractivity contribution in [2.45, 2.75) is 25.2 Å². The summed E-state index contributed by atoms with van der Waals surface area (Å²) in [4.78, 5) is 15.9. The summed E-state index contributed by atoms with van der Waals surface area (Å²) in [7, 11) is -3.28. The Balaban J connectivity index is 1.86. The molecule has 24 heavy (non-hydrogen) atoms. The monoisotopic (exact) mass is 366 g/mol. The molecule has 0 aromatic carbocycles. The Hall–Kier alpha value is -1.62. The molecule has 2 aliphatic heterocycles. The zero-order chi connectivity index (χ0) is 17.7. The van der Waals surface area contributed by atoms with E-state index in [4.69, 9.17) is 0 Å². The van der Waals surface area contributed by atoms with Gasteiger partial charge in [-0.25, -0.2) is 8.42 Å². The largest absolute Gasteiger partial charge is 0.432 e. The number of carbonyl (C=O) groups excluding carboxylic acids is 1. The molecule has 11 heteroatoms. The van der Waals surface area contributed by atoms with Gasteiger partial charge < -0.3 is 4.90 Å². The highest BCUT2D eigenvalue weighted by molar-refractivity contribution is 7.91. The number of aromatic amines is 1. The van der Waals surface area contributed by atoms with Gasteiger partial charge in [0.25, 0.3) is 5.91 Å². The smallest absolute Gasteiger partial charge is 0.330 e. The molecule has 2 aliphatic rings. The summed E-state index contributed by atoms with van der Waals surface area (Å²) in [5, 5.41) is 5.26. The summed E-state index contributed by atoms with van der Waals surface area (Å²) < 4.78 is 61.8. The first kappa shape index (κ1) is 17.2. The Labute approximate surface area is 136 Å². The summed E-state index contributed by atoms with van der Waals surface area (Å²) in [6.07, 6.45) is -4.62. The molecule has 1 N–H and O–H groups in total. The van der Waals surface area contributed by atoms with Crippen LogP contribution in [0.2, 0.25) is 0 Å². The molecule has 2 atom stereocenters. The fourth-order valence-electron chi connectivity index (χ4n) is 3.39. The van der Waals surface area contributed by atoms with Gasteiger partial charge in [0.2, 0.25) is 0 Å². The van der Waals surface area contributed by atoms with Crippen LogP contribution in [0.25, 0.3) is 0 Å². The van der Waals surface area contributed by atoms with E-state index in [-0.39, 0.29) is 29.8 Å². The number of halogens is 3. The van der Waals surface area contributed by atoms with Gasteiger partial charge in [0.15, 0.2) is 15.5 Å². The summed E-state index contributed by atoms with van der Waals surface area (Å²) in [6, 6.07) is -0.214. The first-order valence-corrected chi connectivity index (χ1v) is 9.32. The van der Waals surface area contributed by atoms with E-state index in [1.54, 1.807) is 0 Å². The number of amides is 1. The van der Waals surface area contributed by atoms with Crippen molar-refractivity contribution in [2.24, 2.45) is 0 Å². The zero-order valence-corrected chi connectivity index (χ0v) is 13.7. The van der Waals surface area contributed by atoms with E-state index in [1.165, 1.54) is 4.90 Å². The summed E-state index contributed by atoms with van der Waals surface area (Å²) in [6.45, 7) is 3.30. The Morgan fingerprint density at radius 1 is 1.33 bits per heavy atom. The minimum atomic E-state index is -4.62. The van der Waals surface area contributed by atoms with E-state index in [0.29, 0.717) is 19.2 Å². The minimum Gasteiger partial charge on any atom is -0.330 e. The van der Waals surface area contributed by atoms with Gasteiger partial charge in [-0.1, -0.05) is 6.92 Å². The maximum atomic E-state index is 12.6. The number of likely N-dealkylation sites (N-methyl/N-ethyl adjacent to an activating group) is 1. The van der Waals surface area contributed by atoms with Crippen molar-refractivity contribution in [3.05, 3.63) is 17.5 Å². The van der Waals surface area contributed by atoms with Crippen molar-refractivity contribution >= 4 is 15.7 Å². The van der Waals surface area contributed by atoms with Crippen molar-refractivity contribution in [3.63, 3.8) is 0 Å². The van der Waals surface area contributed by atoms with Crippen LogP contribution in [0.1, 0.15) is 23.1 Å². The van der Waals surface area contributed by atoms with Crippen molar-refractivity contribution in [1.82, 2.24) is 20.0 Å². The molecular formula is C13H17F3N4O3S.